The zero-order valence-corrected chi connectivity index (χ0v) is 11.4. The van der Waals surface area contributed by atoms with Gasteiger partial charge in [-0.1, -0.05) is 37.3 Å². The molecule has 1 aromatic rings. The van der Waals surface area contributed by atoms with E-state index in [2.05, 4.69) is 46.8 Å². The fourth-order valence-electron chi connectivity index (χ4n) is 2.25. The third-order valence-electron chi connectivity index (χ3n) is 3.97. The van der Waals surface area contributed by atoms with Crippen LogP contribution in [0.25, 0.3) is 0 Å². The van der Waals surface area contributed by atoms with Crippen LogP contribution in [0.4, 0.5) is 0 Å². The number of hydrogen-bond donors (Lipinski definition) is 0. The van der Waals surface area contributed by atoms with Crippen LogP contribution in [-0.4, -0.2) is 11.2 Å². The molecular formula is C15H22O2. The van der Waals surface area contributed by atoms with Gasteiger partial charge in [0.15, 0.2) is 5.79 Å². The lowest BCUT2D eigenvalue weighted by Gasteiger charge is -2.30. The maximum atomic E-state index is 6.26. The lowest BCUT2D eigenvalue weighted by molar-refractivity contribution is -0.202. The Labute approximate surface area is 104 Å². The molecule has 1 heterocycles. The predicted octanol–water partition coefficient (Wildman–Crippen LogP) is 3.85. The Kier molecular flexibility index (Phi) is 2.83. The number of benzene rings is 1. The Morgan fingerprint density at radius 2 is 1.35 bits per heavy atom. The molecule has 0 bridgehead atoms. The van der Waals surface area contributed by atoms with Gasteiger partial charge in [-0.3, -0.25) is 0 Å². The highest BCUT2D eigenvalue weighted by Crippen LogP contribution is 2.50. The van der Waals surface area contributed by atoms with E-state index in [1.807, 2.05) is 18.2 Å². The molecule has 0 atom stereocenters. The fraction of sp³-hybridized carbons (Fsp3) is 0.600. The van der Waals surface area contributed by atoms with Crippen molar-refractivity contribution >= 4 is 0 Å². The third kappa shape index (κ3) is 1.90. The van der Waals surface area contributed by atoms with Crippen LogP contribution >= 0.6 is 0 Å². The minimum absolute atomic E-state index is 0.293. The molecule has 0 N–H and O–H groups in total. The van der Waals surface area contributed by atoms with E-state index in [4.69, 9.17) is 9.47 Å². The molecule has 0 spiro atoms. The molecule has 17 heavy (non-hydrogen) atoms. The molecule has 0 aromatic heterocycles. The zero-order chi connectivity index (χ0) is 12.7. The van der Waals surface area contributed by atoms with Crippen LogP contribution in [0.15, 0.2) is 30.3 Å². The Balaban J connectivity index is 2.43. The SMILES string of the molecule is CCC1(c2ccccc2)OC(C)(C)C(C)(C)O1. The average molecular weight is 234 g/mol. The van der Waals surface area contributed by atoms with Gasteiger partial charge in [0.05, 0.1) is 11.2 Å². The normalized spacial score (nSPS) is 24.8. The molecule has 2 rings (SSSR count). The first kappa shape index (κ1) is 12.6. The summed E-state index contributed by atoms with van der Waals surface area (Å²) in [4.78, 5) is 0. The smallest absolute Gasteiger partial charge is 0.196 e. The van der Waals surface area contributed by atoms with Crippen LogP contribution < -0.4 is 0 Å². The topological polar surface area (TPSA) is 18.5 Å². The van der Waals surface area contributed by atoms with Crippen LogP contribution in [0.1, 0.15) is 46.6 Å². The van der Waals surface area contributed by atoms with Gasteiger partial charge in [0.25, 0.3) is 0 Å². The van der Waals surface area contributed by atoms with Crippen molar-refractivity contribution < 1.29 is 9.47 Å². The second-order valence-corrected chi connectivity index (χ2v) is 5.70. The van der Waals surface area contributed by atoms with Crippen molar-refractivity contribution in [1.29, 1.82) is 0 Å². The second-order valence-electron chi connectivity index (χ2n) is 5.70. The van der Waals surface area contributed by atoms with Gasteiger partial charge in [-0.05, 0) is 27.7 Å². The largest absolute Gasteiger partial charge is 0.337 e. The standard InChI is InChI=1S/C15H22O2/c1-6-15(12-10-8-7-9-11-12)16-13(2,3)14(4,5)17-15/h7-11H,6H2,1-5H3. The molecule has 1 aliphatic rings. The van der Waals surface area contributed by atoms with Crippen molar-refractivity contribution in [3.63, 3.8) is 0 Å². The minimum Gasteiger partial charge on any atom is -0.337 e. The van der Waals surface area contributed by atoms with Crippen molar-refractivity contribution in [2.45, 2.75) is 58.0 Å². The van der Waals surface area contributed by atoms with Gasteiger partial charge in [0.1, 0.15) is 0 Å². The Bertz CT molecular complexity index is 377. The first-order valence-corrected chi connectivity index (χ1v) is 6.29. The number of rotatable bonds is 2. The summed E-state index contributed by atoms with van der Waals surface area (Å²) in [5.41, 5.74) is 0.513. The van der Waals surface area contributed by atoms with Crippen LogP contribution in [0, 0.1) is 0 Å². The van der Waals surface area contributed by atoms with E-state index in [1.54, 1.807) is 0 Å². The maximum Gasteiger partial charge on any atom is 0.196 e. The van der Waals surface area contributed by atoms with Gasteiger partial charge in [-0.25, -0.2) is 0 Å². The minimum atomic E-state index is -0.603. The summed E-state index contributed by atoms with van der Waals surface area (Å²) in [6.07, 6.45) is 0.809. The highest BCUT2D eigenvalue weighted by Gasteiger charge is 2.56. The van der Waals surface area contributed by atoms with E-state index in [0.717, 1.165) is 12.0 Å². The van der Waals surface area contributed by atoms with Crippen LogP contribution in [0.5, 0.6) is 0 Å². The van der Waals surface area contributed by atoms with E-state index in [-0.39, 0.29) is 11.2 Å². The van der Waals surface area contributed by atoms with Crippen LogP contribution in [-0.2, 0) is 15.3 Å². The van der Waals surface area contributed by atoms with Gasteiger partial charge in [-0.15, -0.1) is 0 Å². The molecular weight excluding hydrogens is 212 g/mol. The lowest BCUT2D eigenvalue weighted by Crippen LogP contribution is -2.41. The van der Waals surface area contributed by atoms with E-state index in [1.165, 1.54) is 0 Å². The summed E-state index contributed by atoms with van der Waals surface area (Å²) < 4.78 is 12.5. The van der Waals surface area contributed by atoms with E-state index in [0.29, 0.717) is 0 Å². The summed E-state index contributed by atoms with van der Waals surface area (Å²) in [7, 11) is 0. The molecule has 0 radical (unpaired) electrons. The summed E-state index contributed by atoms with van der Waals surface area (Å²) in [5.74, 6) is -0.603. The van der Waals surface area contributed by atoms with Gasteiger partial charge in [0, 0.05) is 12.0 Å². The Morgan fingerprint density at radius 1 is 0.882 bits per heavy atom. The van der Waals surface area contributed by atoms with Crippen LogP contribution in [0.2, 0.25) is 0 Å². The maximum absolute atomic E-state index is 6.26. The molecule has 1 saturated heterocycles. The summed E-state index contributed by atoms with van der Waals surface area (Å²) >= 11 is 0. The second kappa shape index (κ2) is 3.82. The first-order valence-electron chi connectivity index (χ1n) is 6.29. The molecule has 1 aliphatic heterocycles. The highest BCUT2D eigenvalue weighted by atomic mass is 16.8. The Hall–Kier alpha value is -0.860. The number of hydrogen-bond acceptors (Lipinski definition) is 2. The third-order valence-corrected chi connectivity index (χ3v) is 3.97. The van der Waals surface area contributed by atoms with E-state index < -0.39 is 5.79 Å². The van der Waals surface area contributed by atoms with E-state index in [9.17, 15) is 0 Å². The molecule has 0 amide bonds. The summed E-state index contributed by atoms with van der Waals surface area (Å²) in [5, 5.41) is 0. The molecule has 94 valence electrons. The van der Waals surface area contributed by atoms with Crippen LogP contribution in [0.3, 0.4) is 0 Å². The van der Waals surface area contributed by atoms with Gasteiger partial charge in [0.2, 0.25) is 0 Å². The monoisotopic (exact) mass is 234 g/mol. The first-order chi connectivity index (χ1) is 7.83. The molecule has 1 fully saturated rings. The van der Waals surface area contributed by atoms with E-state index >= 15 is 0 Å². The predicted molar refractivity (Wildman–Crippen MR) is 68.7 cm³/mol. The van der Waals surface area contributed by atoms with Crippen molar-refractivity contribution in [2.75, 3.05) is 0 Å². The zero-order valence-electron chi connectivity index (χ0n) is 11.4. The van der Waals surface area contributed by atoms with Gasteiger partial charge in [-0.2, -0.15) is 0 Å². The lowest BCUT2D eigenvalue weighted by atomic mass is 9.90. The molecule has 1 aromatic carbocycles. The molecule has 0 saturated carbocycles. The van der Waals surface area contributed by atoms with Crippen molar-refractivity contribution in [3.05, 3.63) is 35.9 Å². The van der Waals surface area contributed by atoms with Gasteiger partial charge < -0.3 is 9.47 Å². The van der Waals surface area contributed by atoms with Gasteiger partial charge >= 0.3 is 0 Å². The molecule has 0 unspecified atom stereocenters. The highest BCUT2D eigenvalue weighted by molar-refractivity contribution is 5.22. The van der Waals surface area contributed by atoms with Crippen molar-refractivity contribution in [3.8, 4) is 0 Å². The van der Waals surface area contributed by atoms with Crippen molar-refractivity contribution in [2.24, 2.45) is 0 Å². The Morgan fingerprint density at radius 3 is 1.76 bits per heavy atom. The number of ether oxygens (including phenoxy) is 2. The fourth-order valence-corrected chi connectivity index (χ4v) is 2.25. The summed E-state index contributed by atoms with van der Waals surface area (Å²) in [6, 6.07) is 10.2. The quantitative estimate of drug-likeness (QED) is 0.773. The van der Waals surface area contributed by atoms with Crippen molar-refractivity contribution in [1.82, 2.24) is 0 Å². The molecule has 0 aliphatic carbocycles. The molecule has 2 nitrogen and oxygen atoms in total. The average Bonchev–Trinajstić information content (AvgIpc) is 2.47. The summed E-state index contributed by atoms with van der Waals surface area (Å²) in [6.45, 7) is 10.5. The molecule has 2 heteroatoms.